The van der Waals surface area contributed by atoms with E-state index in [4.69, 9.17) is 9.32 Å². The fourth-order valence-electron chi connectivity index (χ4n) is 4.97. The van der Waals surface area contributed by atoms with Gasteiger partial charge < -0.3 is 15.0 Å². The Balaban J connectivity index is 1.37. The highest BCUT2D eigenvalue weighted by Gasteiger charge is 2.35. The number of hydrogen-bond donors (Lipinski definition) is 3. The normalized spacial score (nSPS) is 25.3. The number of benzene rings is 1. The SMILES string of the molecule is NS(=O)(=O)OC[C@@H]1C[C@@H](n2ccc3c(N[C@@H]4CCc5c(Br)cccc54)ncnc32)C[C@@H]1O. The van der Waals surface area contributed by atoms with E-state index in [1.165, 1.54) is 11.1 Å². The number of rotatable bonds is 6. The van der Waals surface area contributed by atoms with Crippen molar-refractivity contribution in [3.05, 3.63) is 52.4 Å². The van der Waals surface area contributed by atoms with Crippen molar-refractivity contribution in [1.29, 1.82) is 0 Å². The van der Waals surface area contributed by atoms with Crippen LogP contribution in [0, 0.1) is 5.92 Å². The number of hydrogen-bond acceptors (Lipinski definition) is 7. The van der Waals surface area contributed by atoms with Crippen LogP contribution >= 0.6 is 15.9 Å². The molecule has 9 nitrogen and oxygen atoms in total. The average molecular weight is 522 g/mol. The van der Waals surface area contributed by atoms with Gasteiger partial charge in [-0.2, -0.15) is 8.42 Å². The van der Waals surface area contributed by atoms with Gasteiger partial charge in [0.2, 0.25) is 0 Å². The predicted molar refractivity (Wildman–Crippen MR) is 123 cm³/mol. The van der Waals surface area contributed by atoms with Gasteiger partial charge >= 0.3 is 10.3 Å². The number of halogens is 1. The van der Waals surface area contributed by atoms with E-state index in [9.17, 15) is 13.5 Å². The zero-order valence-corrected chi connectivity index (χ0v) is 19.6. The lowest BCUT2D eigenvalue weighted by molar-refractivity contribution is 0.100. The van der Waals surface area contributed by atoms with Gasteiger partial charge in [-0.1, -0.05) is 28.1 Å². The average Bonchev–Trinajstić information content (AvgIpc) is 3.44. The molecule has 32 heavy (non-hydrogen) atoms. The van der Waals surface area contributed by atoms with Crippen LogP contribution in [0.2, 0.25) is 0 Å². The van der Waals surface area contributed by atoms with Crippen LogP contribution in [0.25, 0.3) is 11.0 Å². The van der Waals surface area contributed by atoms with Crippen molar-refractivity contribution < 1.29 is 17.7 Å². The summed E-state index contributed by atoms with van der Waals surface area (Å²) in [4.78, 5) is 8.99. The highest BCUT2D eigenvalue weighted by Crippen LogP contribution is 2.40. The molecule has 0 aliphatic heterocycles. The molecule has 1 saturated carbocycles. The number of aliphatic hydroxyl groups is 1. The molecule has 2 heterocycles. The van der Waals surface area contributed by atoms with Crippen molar-refractivity contribution in [1.82, 2.24) is 14.5 Å². The third-order valence-corrected chi connectivity index (χ3v) is 7.71. The number of nitrogens with two attached hydrogens (primary N) is 1. The maximum atomic E-state index is 11.1. The molecule has 2 aromatic heterocycles. The van der Waals surface area contributed by atoms with Crippen molar-refractivity contribution >= 4 is 43.1 Å². The molecule has 1 aromatic carbocycles. The smallest absolute Gasteiger partial charge is 0.333 e. The standard InChI is InChI=1S/C21H24BrN5O4S/c22-17-3-1-2-15-14(17)4-5-18(15)26-20-16-6-7-27(21(16)25-11-24-20)13-8-12(19(28)9-13)10-31-32(23,29)30/h1-3,6-7,11-13,18-19,28H,4-5,8-10H2,(H2,23,29,30)(H,24,25,26)/t12-,13+,18+,19-/m0/s1. The second-order valence-corrected chi connectivity index (χ2v) is 10.5. The summed E-state index contributed by atoms with van der Waals surface area (Å²) in [6, 6.07) is 8.41. The number of aliphatic hydroxyl groups excluding tert-OH is 1. The number of anilines is 1. The van der Waals surface area contributed by atoms with Crippen molar-refractivity contribution in [3.8, 4) is 0 Å². The van der Waals surface area contributed by atoms with Gasteiger partial charge in [0.15, 0.2) is 0 Å². The Morgan fingerprint density at radius 2 is 2.12 bits per heavy atom. The third-order valence-electron chi connectivity index (χ3n) is 6.51. The quantitative estimate of drug-likeness (QED) is 0.454. The summed E-state index contributed by atoms with van der Waals surface area (Å²) in [6.07, 6.45) is 5.87. The van der Waals surface area contributed by atoms with Crippen LogP contribution < -0.4 is 10.5 Å². The summed E-state index contributed by atoms with van der Waals surface area (Å²) in [5.74, 6) is 0.461. The van der Waals surface area contributed by atoms with Gasteiger partial charge in [0.05, 0.1) is 24.1 Å². The van der Waals surface area contributed by atoms with Crippen LogP contribution in [-0.2, 0) is 20.9 Å². The van der Waals surface area contributed by atoms with Gasteiger partial charge in [0.1, 0.15) is 17.8 Å². The monoisotopic (exact) mass is 521 g/mol. The van der Waals surface area contributed by atoms with Crippen LogP contribution in [0.15, 0.2) is 41.3 Å². The Morgan fingerprint density at radius 3 is 2.94 bits per heavy atom. The van der Waals surface area contributed by atoms with Crippen molar-refractivity contribution in [2.75, 3.05) is 11.9 Å². The van der Waals surface area contributed by atoms with E-state index in [0.717, 1.165) is 34.2 Å². The van der Waals surface area contributed by atoms with Crippen LogP contribution in [0.4, 0.5) is 5.82 Å². The molecule has 2 aliphatic rings. The Kier molecular flexibility index (Phi) is 5.70. The van der Waals surface area contributed by atoms with Crippen LogP contribution in [0.3, 0.4) is 0 Å². The second-order valence-electron chi connectivity index (χ2n) is 8.46. The molecule has 2 aliphatic carbocycles. The number of fused-ring (bicyclic) bond motifs is 2. The van der Waals surface area contributed by atoms with E-state index in [0.29, 0.717) is 12.8 Å². The molecule has 0 amide bonds. The topological polar surface area (TPSA) is 132 Å². The fourth-order valence-corrected chi connectivity index (χ4v) is 5.91. The Hall–Kier alpha value is -2.05. The van der Waals surface area contributed by atoms with E-state index in [2.05, 4.69) is 49.4 Å². The molecule has 4 atom stereocenters. The van der Waals surface area contributed by atoms with Crippen molar-refractivity contribution in [3.63, 3.8) is 0 Å². The summed E-state index contributed by atoms with van der Waals surface area (Å²) < 4.78 is 30.1. The first-order valence-corrected chi connectivity index (χ1v) is 12.8. The first-order chi connectivity index (χ1) is 15.3. The van der Waals surface area contributed by atoms with Gasteiger partial charge in [0.25, 0.3) is 0 Å². The molecular weight excluding hydrogens is 498 g/mol. The highest BCUT2D eigenvalue weighted by atomic mass is 79.9. The minimum Gasteiger partial charge on any atom is -0.393 e. The molecule has 11 heteroatoms. The molecule has 0 radical (unpaired) electrons. The van der Waals surface area contributed by atoms with E-state index < -0.39 is 16.4 Å². The second kappa shape index (κ2) is 8.38. The minimum atomic E-state index is -4.03. The summed E-state index contributed by atoms with van der Waals surface area (Å²) in [7, 11) is -4.03. The highest BCUT2D eigenvalue weighted by molar-refractivity contribution is 9.10. The van der Waals surface area contributed by atoms with Crippen LogP contribution in [-0.4, -0.2) is 40.8 Å². The van der Waals surface area contributed by atoms with Gasteiger partial charge in [0, 0.05) is 22.6 Å². The van der Waals surface area contributed by atoms with Crippen LogP contribution in [0.5, 0.6) is 0 Å². The van der Waals surface area contributed by atoms with Gasteiger partial charge in [-0.05, 0) is 48.9 Å². The molecule has 0 bridgehead atoms. The largest absolute Gasteiger partial charge is 0.393 e. The summed E-state index contributed by atoms with van der Waals surface area (Å²) in [6.45, 7) is -0.131. The first-order valence-electron chi connectivity index (χ1n) is 10.5. The number of nitrogens with one attached hydrogen (secondary N) is 1. The summed E-state index contributed by atoms with van der Waals surface area (Å²) in [5.41, 5.74) is 3.39. The lowest BCUT2D eigenvalue weighted by Gasteiger charge is -2.17. The minimum absolute atomic E-state index is 0.0255. The predicted octanol–water partition coefficient (Wildman–Crippen LogP) is 2.83. The Bertz CT molecular complexity index is 1260. The lowest BCUT2D eigenvalue weighted by atomic mass is 10.1. The molecule has 170 valence electrons. The van der Waals surface area contributed by atoms with Crippen molar-refractivity contribution in [2.45, 2.75) is 43.9 Å². The Labute approximate surface area is 194 Å². The molecule has 0 unspecified atom stereocenters. The summed E-state index contributed by atoms with van der Waals surface area (Å²) in [5, 5.41) is 19.8. The summed E-state index contributed by atoms with van der Waals surface area (Å²) >= 11 is 3.65. The third kappa shape index (κ3) is 4.15. The molecule has 3 aromatic rings. The zero-order chi connectivity index (χ0) is 22.5. The first kappa shape index (κ1) is 21.8. The molecular formula is C21H24BrN5O4S. The number of nitrogens with zero attached hydrogens (tertiary/aromatic N) is 3. The van der Waals surface area contributed by atoms with E-state index in [-0.39, 0.29) is 24.6 Å². The molecule has 0 spiro atoms. The van der Waals surface area contributed by atoms with E-state index in [1.807, 2.05) is 16.8 Å². The van der Waals surface area contributed by atoms with Gasteiger partial charge in [-0.3, -0.25) is 4.18 Å². The maximum absolute atomic E-state index is 11.1. The van der Waals surface area contributed by atoms with Gasteiger partial charge in [-0.15, -0.1) is 0 Å². The lowest BCUT2D eigenvalue weighted by Crippen LogP contribution is -2.24. The maximum Gasteiger partial charge on any atom is 0.333 e. The molecule has 0 saturated heterocycles. The van der Waals surface area contributed by atoms with E-state index in [1.54, 1.807) is 6.33 Å². The van der Waals surface area contributed by atoms with Gasteiger partial charge in [-0.25, -0.2) is 15.1 Å². The van der Waals surface area contributed by atoms with Crippen LogP contribution in [0.1, 0.15) is 42.5 Å². The van der Waals surface area contributed by atoms with E-state index >= 15 is 0 Å². The Morgan fingerprint density at radius 1 is 1.28 bits per heavy atom. The number of aromatic nitrogens is 3. The van der Waals surface area contributed by atoms with Crippen molar-refractivity contribution in [2.24, 2.45) is 11.1 Å². The molecule has 1 fully saturated rings. The molecule has 4 N–H and O–H groups in total. The fraction of sp³-hybridized carbons (Fsp3) is 0.429. The molecule has 5 rings (SSSR count). The zero-order valence-electron chi connectivity index (χ0n) is 17.2.